The van der Waals surface area contributed by atoms with E-state index in [0.29, 0.717) is 0 Å². The van der Waals surface area contributed by atoms with Crippen LogP contribution in [0.3, 0.4) is 0 Å². The van der Waals surface area contributed by atoms with Crippen molar-refractivity contribution >= 4 is 0 Å². The summed E-state index contributed by atoms with van der Waals surface area (Å²) in [6.45, 7) is 6.73. The summed E-state index contributed by atoms with van der Waals surface area (Å²) < 4.78 is 0. The van der Waals surface area contributed by atoms with Crippen molar-refractivity contribution in [2.75, 3.05) is 0 Å². The standard InChI is InChI=1S/C11H22/c1-4-5-6-7-8-9-10-11(2)3/h7,10-11H,4-6,8-9H2,1-3H3. The smallest absolute Gasteiger partial charge is 0.0360 e. The van der Waals surface area contributed by atoms with Gasteiger partial charge in [-0.1, -0.05) is 40.0 Å². The molecule has 0 aliphatic heterocycles. The minimum Gasteiger partial charge on any atom is -0.0654 e. The van der Waals surface area contributed by atoms with Gasteiger partial charge in [0.2, 0.25) is 0 Å². The molecule has 66 valence electrons. The van der Waals surface area contributed by atoms with Crippen molar-refractivity contribution in [2.24, 2.45) is 5.92 Å². The fraction of sp³-hybridized carbons (Fsp3) is 0.818. The third kappa shape index (κ3) is 10.0. The van der Waals surface area contributed by atoms with Crippen molar-refractivity contribution in [3.05, 3.63) is 12.8 Å². The minimum atomic E-state index is 0.759. The summed E-state index contributed by atoms with van der Waals surface area (Å²) in [5.41, 5.74) is 0. The zero-order valence-corrected chi connectivity index (χ0v) is 8.27. The van der Waals surface area contributed by atoms with Gasteiger partial charge in [-0.25, -0.2) is 0 Å². The lowest BCUT2D eigenvalue weighted by Crippen LogP contribution is -1.88. The van der Waals surface area contributed by atoms with Crippen LogP contribution in [0.5, 0.6) is 0 Å². The Morgan fingerprint density at radius 2 is 1.82 bits per heavy atom. The third-order valence-electron chi connectivity index (χ3n) is 1.77. The van der Waals surface area contributed by atoms with Gasteiger partial charge in [0, 0.05) is 0 Å². The molecule has 0 aromatic carbocycles. The molecule has 0 saturated carbocycles. The van der Waals surface area contributed by atoms with Crippen LogP contribution in [0.15, 0.2) is 0 Å². The van der Waals surface area contributed by atoms with Crippen molar-refractivity contribution in [3.8, 4) is 0 Å². The fourth-order valence-electron chi connectivity index (χ4n) is 1.04. The van der Waals surface area contributed by atoms with Gasteiger partial charge in [-0.05, 0) is 31.6 Å². The van der Waals surface area contributed by atoms with Gasteiger partial charge in [0.15, 0.2) is 0 Å². The Hall–Kier alpha value is 0. The fourth-order valence-corrected chi connectivity index (χ4v) is 1.04. The van der Waals surface area contributed by atoms with Gasteiger partial charge in [0.05, 0.1) is 0 Å². The van der Waals surface area contributed by atoms with E-state index in [1.165, 1.54) is 32.1 Å². The molecule has 0 aliphatic carbocycles. The van der Waals surface area contributed by atoms with Gasteiger partial charge < -0.3 is 0 Å². The van der Waals surface area contributed by atoms with E-state index in [-0.39, 0.29) is 0 Å². The molecule has 0 aromatic heterocycles. The molecule has 0 nitrogen and oxygen atoms in total. The monoisotopic (exact) mass is 154 g/mol. The van der Waals surface area contributed by atoms with E-state index in [0.717, 1.165) is 5.92 Å². The molecule has 0 heterocycles. The maximum absolute atomic E-state index is 2.42. The van der Waals surface area contributed by atoms with Crippen LogP contribution < -0.4 is 0 Å². The van der Waals surface area contributed by atoms with Crippen LogP contribution in [-0.2, 0) is 0 Å². The Morgan fingerprint density at radius 1 is 1.09 bits per heavy atom. The SMILES string of the molecule is CCCC[CH]CC[CH]C(C)C. The highest BCUT2D eigenvalue weighted by molar-refractivity contribution is 4.73. The molecule has 0 atom stereocenters. The summed E-state index contributed by atoms with van der Waals surface area (Å²) in [6.07, 6.45) is 11.3. The Balaban J connectivity index is 2.80. The van der Waals surface area contributed by atoms with Crippen LogP contribution in [0.25, 0.3) is 0 Å². The highest BCUT2D eigenvalue weighted by Crippen LogP contribution is 2.09. The summed E-state index contributed by atoms with van der Waals surface area (Å²) >= 11 is 0. The predicted octanol–water partition coefficient (Wildman–Crippen LogP) is 4.02. The highest BCUT2D eigenvalue weighted by Gasteiger charge is 1.94. The summed E-state index contributed by atoms with van der Waals surface area (Å²) in [6, 6.07) is 0. The molecule has 0 saturated heterocycles. The number of rotatable bonds is 7. The van der Waals surface area contributed by atoms with E-state index in [2.05, 4.69) is 33.6 Å². The Bertz CT molecular complexity index is 64.4. The van der Waals surface area contributed by atoms with Crippen LogP contribution >= 0.6 is 0 Å². The van der Waals surface area contributed by atoms with Crippen molar-refractivity contribution < 1.29 is 0 Å². The van der Waals surface area contributed by atoms with E-state index >= 15 is 0 Å². The molecule has 0 aliphatic rings. The van der Waals surface area contributed by atoms with Crippen LogP contribution in [0, 0.1) is 18.8 Å². The second-order valence-electron chi connectivity index (χ2n) is 3.49. The molecule has 0 fully saturated rings. The zero-order chi connectivity index (χ0) is 8.53. The number of unbranched alkanes of at least 4 members (excludes halogenated alkanes) is 5. The van der Waals surface area contributed by atoms with E-state index in [1.54, 1.807) is 0 Å². The first-order chi connectivity index (χ1) is 5.27. The normalized spacial score (nSPS) is 10.9. The van der Waals surface area contributed by atoms with Crippen molar-refractivity contribution in [1.82, 2.24) is 0 Å². The average molecular weight is 154 g/mol. The lowest BCUT2D eigenvalue weighted by atomic mass is 10.0. The third-order valence-corrected chi connectivity index (χ3v) is 1.77. The molecule has 0 spiro atoms. The molecular weight excluding hydrogens is 132 g/mol. The number of hydrogen-bond donors (Lipinski definition) is 0. The maximum Gasteiger partial charge on any atom is -0.0360 e. The van der Waals surface area contributed by atoms with Gasteiger partial charge in [-0.3, -0.25) is 0 Å². The summed E-state index contributed by atoms with van der Waals surface area (Å²) in [7, 11) is 0. The molecule has 0 aromatic rings. The summed E-state index contributed by atoms with van der Waals surface area (Å²) in [4.78, 5) is 0. The molecule has 0 rings (SSSR count). The zero-order valence-electron chi connectivity index (χ0n) is 8.27. The van der Waals surface area contributed by atoms with E-state index in [9.17, 15) is 0 Å². The molecule has 0 unspecified atom stereocenters. The van der Waals surface area contributed by atoms with E-state index in [4.69, 9.17) is 0 Å². The molecule has 2 radical (unpaired) electrons. The first-order valence-corrected chi connectivity index (χ1v) is 4.92. The minimum absolute atomic E-state index is 0.759. The lowest BCUT2D eigenvalue weighted by molar-refractivity contribution is 0.676. The van der Waals surface area contributed by atoms with Gasteiger partial charge in [-0.2, -0.15) is 0 Å². The van der Waals surface area contributed by atoms with Crippen LogP contribution in [0.4, 0.5) is 0 Å². The largest absolute Gasteiger partial charge is 0.0654 e. The maximum atomic E-state index is 2.42. The van der Waals surface area contributed by atoms with Gasteiger partial charge in [0.1, 0.15) is 0 Å². The lowest BCUT2D eigenvalue weighted by Gasteiger charge is -2.02. The van der Waals surface area contributed by atoms with Gasteiger partial charge in [-0.15, -0.1) is 0 Å². The number of hydrogen-bond acceptors (Lipinski definition) is 0. The second kappa shape index (κ2) is 8.10. The first-order valence-electron chi connectivity index (χ1n) is 4.92. The Morgan fingerprint density at radius 3 is 2.36 bits per heavy atom. The summed E-state index contributed by atoms with van der Waals surface area (Å²) in [5, 5.41) is 0. The van der Waals surface area contributed by atoms with E-state index in [1.807, 2.05) is 0 Å². The molecule has 0 N–H and O–H groups in total. The van der Waals surface area contributed by atoms with E-state index < -0.39 is 0 Å². The van der Waals surface area contributed by atoms with Gasteiger partial charge in [0.25, 0.3) is 0 Å². The van der Waals surface area contributed by atoms with Crippen LogP contribution in [0.1, 0.15) is 52.9 Å². The summed E-state index contributed by atoms with van der Waals surface area (Å²) in [5.74, 6) is 0.759. The molecule has 0 heteroatoms. The molecule has 11 heavy (non-hydrogen) atoms. The van der Waals surface area contributed by atoms with Crippen molar-refractivity contribution in [3.63, 3.8) is 0 Å². The second-order valence-corrected chi connectivity index (χ2v) is 3.49. The van der Waals surface area contributed by atoms with Crippen molar-refractivity contribution in [2.45, 2.75) is 52.9 Å². The van der Waals surface area contributed by atoms with Crippen LogP contribution in [0.2, 0.25) is 0 Å². The predicted molar refractivity (Wildman–Crippen MR) is 52.2 cm³/mol. The quantitative estimate of drug-likeness (QED) is 0.486. The van der Waals surface area contributed by atoms with Crippen molar-refractivity contribution in [1.29, 1.82) is 0 Å². The highest BCUT2D eigenvalue weighted by atomic mass is 14.0. The Labute approximate surface area is 72.4 Å². The average Bonchev–Trinajstić information content (AvgIpc) is 1.96. The van der Waals surface area contributed by atoms with Gasteiger partial charge >= 0.3 is 0 Å². The topological polar surface area (TPSA) is 0 Å². The molecular formula is C11H22. The Kier molecular flexibility index (Phi) is 8.10. The molecule has 0 bridgehead atoms. The molecule has 0 amide bonds. The van der Waals surface area contributed by atoms with Crippen LogP contribution in [-0.4, -0.2) is 0 Å². The first kappa shape index (κ1) is 11.0.